The molecule has 8 nitrogen and oxygen atoms in total. The molecule has 1 amide bonds. The summed E-state index contributed by atoms with van der Waals surface area (Å²) >= 11 is 0. The topological polar surface area (TPSA) is 105 Å². The zero-order valence-corrected chi connectivity index (χ0v) is 43.9. The Bertz CT molecular complexity index is 1140. The van der Waals surface area contributed by atoms with Crippen molar-refractivity contribution in [2.24, 2.45) is 0 Å². The number of hydrogen-bond acceptors (Lipinski definition) is 5. The Morgan fingerprint density at radius 1 is 0.516 bits per heavy atom. The maximum atomic E-state index is 12.9. The Labute approximate surface area is 397 Å². The van der Waals surface area contributed by atoms with E-state index in [-0.39, 0.29) is 19.1 Å². The molecule has 0 aliphatic carbocycles. The fourth-order valence-electron chi connectivity index (χ4n) is 7.99. The SMILES string of the molecule is CCCCC/C=C/CC/C=C/C(O)C(COP(=O)(O)OCC[N+](C)(C)C)NC(=O)CCCCCCCCCCCCCCCCCCC/C=C\CCCCCCCCCCCCCC. The molecule has 9 heteroatoms. The van der Waals surface area contributed by atoms with Gasteiger partial charge in [0.05, 0.1) is 39.9 Å². The molecule has 378 valence electrons. The summed E-state index contributed by atoms with van der Waals surface area (Å²) in [6.07, 6.45) is 60.0. The Balaban J connectivity index is 3.92. The van der Waals surface area contributed by atoms with Gasteiger partial charge in [-0.15, -0.1) is 0 Å². The number of carbonyl (C=O) groups excluding carboxylic acids is 1. The zero-order chi connectivity index (χ0) is 47.1. The second-order valence-corrected chi connectivity index (χ2v) is 21.4. The average Bonchev–Trinajstić information content (AvgIpc) is 3.25. The third kappa shape index (κ3) is 48.6. The Morgan fingerprint density at radius 2 is 0.859 bits per heavy atom. The highest BCUT2D eigenvalue weighted by molar-refractivity contribution is 7.47. The molecule has 0 aliphatic heterocycles. The van der Waals surface area contributed by atoms with Crippen molar-refractivity contribution in [2.75, 3.05) is 40.9 Å². The highest BCUT2D eigenvalue weighted by atomic mass is 31.2. The number of allylic oxidation sites excluding steroid dienone is 5. The van der Waals surface area contributed by atoms with Gasteiger partial charge in [0, 0.05) is 6.42 Å². The predicted molar refractivity (Wildman–Crippen MR) is 277 cm³/mol. The number of aliphatic hydroxyl groups excluding tert-OH is 1. The normalized spacial score (nSPS) is 14.3. The average molecular weight is 924 g/mol. The summed E-state index contributed by atoms with van der Waals surface area (Å²) in [5, 5.41) is 13.8. The summed E-state index contributed by atoms with van der Waals surface area (Å²) in [4.78, 5) is 23.1. The molecule has 3 unspecified atom stereocenters. The fourth-order valence-corrected chi connectivity index (χ4v) is 8.73. The Kier molecular flexibility index (Phi) is 45.9. The van der Waals surface area contributed by atoms with E-state index in [9.17, 15) is 19.4 Å². The van der Waals surface area contributed by atoms with Crippen molar-refractivity contribution in [2.45, 2.75) is 270 Å². The van der Waals surface area contributed by atoms with Crippen molar-refractivity contribution in [3.63, 3.8) is 0 Å². The first-order valence-electron chi connectivity index (χ1n) is 27.4. The minimum absolute atomic E-state index is 0.0568. The van der Waals surface area contributed by atoms with Gasteiger partial charge in [-0.3, -0.25) is 13.8 Å². The molecule has 0 rings (SSSR count). The molecule has 3 N–H and O–H groups in total. The highest BCUT2D eigenvalue weighted by Crippen LogP contribution is 2.43. The Morgan fingerprint density at radius 3 is 1.28 bits per heavy atom. The van der Waals surface area contributed by atoms with E-state index in [1.54, 1.807) is 6.08 Å². The summed E-state index contributed by atoms with van der Waals surface area (Å²) in [7, 11) is 1.56. The molecule has 0 saturated carbocycles. The van der Waals surface area contributed by atoms with Crippen LogP contribution in [0.5, 0.6) is 0 Å². The number of likely N-dealkylation sites (N-methyl/N-ethyl adjacent to an activating group) is 1. The van der Waals surface area contributed by atoms with Crippen LogP contribution in [0.4, 0.5) is 0 Å². The van der Waals surface area contributed by atoms with Crippen LogP contribution in [0, 0.1) is 0 Å². The molecule has 0 saturated heterocycles. The number of carbonyl (C=O) groups is 1. The Hall–Kier alpha value is -1.28. The second-order valence-electron chi connectivity index (χ2n) is 19.9. The molecular formula is C55H108N2O6P+. The third-order valence-corrected chi connectivity index (χ3v) is 13.3. The van der Waals surface area contributed by atoms with E-state index in [1.807, 2.05) is 27.2 Å². The molecule has 0 aromatic heterocycles. The van der Waals surface area contributed by atoms with Gasteiger partial charge in [-0.1, -0.05) is 230 Å². The van der Waals surface area contributed by atoms with Gasteiger partial charge in [-0.2, -0.15) is 0 Å². The largest absolute Gasteiger partial charge is 0.472 e. The van der Waals surface area contributed by atoms with E-state index in [2.05, 4.69) is 43.5 Å². The second kappa shape index (κ2) is 46.8. The van der Waals surface area contributed by atoms with Crippen LogP contribution < -0.4 is 5.32 Å². The van der Waals surface area contributed by atoms with Crippen LogP contribution >= 0.6 is 7.82 Å². The maximum absolute atomic E-state index is 12.9. The van der Waals surface area contributed by atoms with Gasteiger partial charge < -0.3 is 19.8 Å². The van der Waals surface area contributed by atoms with Crippen molar-refractivity contribution in [3.8, 4) is 0 Å². The van der Waals surface area contributed by atoms with Crippen molar-refractivity contribution < 1.29 is 32.9 Å². The lowest BCUT2D eigenvalue weighted by molar-refractivity contribution is -0.870. The van der Waals surface area contributed by atoms with Gasteiger partial charge >= 0.3 is 7.82 Å². The molecule has 0 spiro atoms. The molecule has 64 heavy (non-hydrogen) atoms. The molecule has 0 bridgehead atoms. The number of rotatable bonds is 50. The first kappa shape index (κ1) is 62.7. The number of hydrogen-bond donors (Lipinski definition) is 3. The summed E-state index contributed by atoms with van der Waals surface area (Å²) in [6, 6.07) is -0.859. The predicted octanol–water partition coefficient (Wildman–Crippen LogP) is 16.2. The van der Waals surface area contributed by atoms with Crippen molar-refractivity contribution >= 4 is 13.7 Å². The first-order valence-corrected chi connectivity index (χ1v) is 28.9. The van der Waals surface area contributed by atoms with Crippen LogP contribution in [-0.2, 0) is 18.4 Å². The molecular weight excluding hydrogens is 816 g/mol. The zero-order valence-electron chi connectivity index (χ0n) is 43.0. The summed E-state index contributed by atoms with van der Waals surface area (Å²) in [5.74, 6) is -0.187. The monoisotopic (exact) mass is 924 g/mol. The number of nitrogens with one attached hydrogen (secondary N) is 1. The van der Waals surface area contributed by atoms with E-state index < -0.39 is 20.0 Å². The van der Waals surface area contributed by atoms with Gasteiger partial charge in [-0.05, 0) is 57.8 Å². The van der Waals surface area contributed by atoms with Gasteiger partial charge in [-0.25, -0.2) is 4.57 Å². The van der Waals surface area contributed by atoms with Crippen LogP contribution in [0.3, 0.4) is 0 Å². The lowest BCUT2D eigenvalue weighted by Crippen LogP contribution is -2.45. The van der Waals surface area contributed by atoms with E-state index in [0.717, 1.165) is 38.5 Å². The molecule has 0 aromatic carbocycles. The molecule has 0 fully saturated rings. The molecule has 0 aromatic rings. The van der Waals surface area contributed by atoms with Crippen LogP contribution in [0.15, 0.2) is 36.5 Å². The van der Waals surface area contributed by atoms with Gasteiger partial charge in [0.1, 0.15) is 13.2 Å². The maximum Gasteiger partial charge on any atom is 0.472 e. The van der Waals surface area contributed by atoms with Gasteiger partial charge in [0.15, 0.2) is 0 Å². The number of phosphoric ester groups is 1. The van der Waals surface area contributed by atoms with Crippen molar-refractivity contribution in [1.82, 2.24) is 5.32 Å². The van der Waals surface area contributed by atoms with Crippen molar-refractivity contribution in [3.05, 3.63) is 36.5 Å². The molecule has 3 atom stereocenters. The highest BCUT2D eigenvalue weighted by Gasteiger charge is 2.27. The van der Waals surface area contributed by atoms with Crippen LogP contribution in [-0.4, -0.2) is 73.4 Å². The molecule has 0 aliphatic rings. The number of aliphatic hydroxyl groups is 1. The van der Waals surface area contributed by atoms with E-state index in [0.29, 0.717) is 17.4 Å². The van der Waals surface area contributed by atoms with Gasteiger partial charge in [0.25, 0.3) is 0 Å². The summed E-state index contributed by atoms with van der Waals surface area (Å²) < 4.78 is 23.5. The standard InChI is InChI=1S/C55H107N2O6P/c1-6-8-10-12-14-16-17-18-19-20-21-22-23-24-25-26-27-28-29-30-31-32-33-34-35-36-37-38-39-41-43-45-47-49-55(59)56-53(52-63-64(60,61)62-51-50-57(3,4)5)54(58)48-46-44-42-40-15-13-11-9-7-2/h15,24-25,40,46,48,53-54,58H,6-14,16-23,26-39,41-45,47,49-52H2,1-5H3,(H-,56,59,60,61)/p+1/b25-24-,40-15+,48-46+. The minimum atomic E-state index is -4.34. The number of quaternary nitrogens is 1. The quantitative estimate of drug-likeness (QED) is 0.0243. The number of unbranched alkanes of at least 4 members (excludes halogenated alkanes) is 33. The van der Waals surface area contributed by atoms with Gasteiger partial charge in [0.2, 0.25) is 5.91 Å². The minimum Gasteiger partial charge on any atom is -0.387 e. The van der Waals surface area contributed by atoms with Crippen molar-refractivity contribution in [1.29, 1.82) is 0 Å². The summed E-state index contributed by atoms with van der Waals surface area (Å²) in [6.45, 7) is 4.76. The van der Waals surface area contributed by atoms with E-state index >= 15 is 0 Å². The number of phosphoric acid groups is 1. The van der Waals surface area contributed by atoms with E-state index in [4.69, 9.17) is 9.05 Å². The molecule has 0 heterocycles. The fraction of sp³-hybridized carbons (Fsp3) is 0.873. The molecule has 0 radical (unpaired) electrons. The van der Waals surface area contributed by atoms with Crippen LogP contribution in [0.25, 0.3) is 0 Å². The van der Waals surface area contributed by atoms with Crippen LogP contribution in [0.2, 0.25) is 0 Å². The number of amides is 1. The first-order chi connectivity index (χ1) is 31.0. The lowest BCUT2D eigenvalue weighted by Gasteiger charge is -2.25. The van der Waals surface area contributed by atoms with E-state index in [1.165, 1.54) is 199 Å². The smallest absolute Gasteiger partial charge is 0.387 e. The number of nitrogens with zero attached hydrogens (tertiary/aromatic N) is 1. The van der Waals surface area contributed by atoms with Crippen LogP contribution in [0.1, 0.15) is 258 Å². The summed E-state index contributed by atoms with van der Waals surface area (Å²) in [5.41, 5.74) is 0. The lowest BCUT2D eigenvalue weighted by atomic mass is 10.0. The third-order valence-electron chi connectivity index (χ3n) is 12.3.